The number of hydrogen-bond acceptors (Lipinski definition) is 7. The van der Waals surface area contributed by atoms with Gasteiger partial charge in [0.25, 0.3) is 0 Å². The molecular formula is C19H22ClO4PS3. The van der Waals surface area contributed by atoms with Crippen LogP contribution in [0.2, 0.25) is 5.02 Å². The highest BCUT2D eigenvalue weighted by Gasteiger charge is 2.26. The van der Waals surface area contributed by atoms with Gasteiger partial charge in [-0.15, -0.1) is 11.8 Å². The van der Waals surface area contributed by atoms with Crippen molar-refractivity contribution >= 4 is 58.2 Å². The standard InChI is InChI=1S/C19H22ClO4PS3/c1-4-12-28-25(26,23-15-7-9-16(27-3)10-8-15)24-18-11-6-14(20)13-17(18)19(21)22-5-2/h6-11,13H,4-5,12H2,1-3H3/t25-/m1/s1. The van der Waals surface area contributed by atoms with E-state index in [0.717, 1.165) is 17.1 Å². The molecule has 0 spiro atoms. The second-order valence-electron chi connectivity index (χ2n) is 5.50. The molecular weight excluding hydrogens is 455 g/mol. The summed E-state index contributed by atoms with van der Waals surface area (Å²) >= 11 is 14.9. The minimum Gasteiger partial charge on any atom is -0.462 e. The molecule has 4 nitrogen and oxygen atoms in total. The second-order valence-corrected chi connectivity index (χ2v) is 13.1. The molecule has 0 saturated heterocycles. The van der Waals surface area contributed by atoms with Crippen molar-refractivity contribution in [1.29, 1.82) is 0 Å². The molecule has 0 aliphatic rings. The third kappa shape index (κ3) is 6.89. The Kier molecular flexibility index (Phi) is 9.51. The van der Waals surface area contributed by atoms with E-state index in [0.29, 0.717) is 16.5 Å². The van der Waals surface area contributed by atoms with E-state index in [2.05, 4.69) is 6.92 Å². The lowest BCUT2D eigenvalue weighted by molar-refractivity contribution is 0.0524. The van der Waals surface area contributed by atoms with Crippen molar-refractivity contribution in [3.63, 3.8) is 0 Å². The zero-order chi connectivity index (χ0) is 20.6. The average molecular weight is 477 g/mol. The maximum absolute atomic E-state index is 12.3. The normalized spacial score (nSPS) is 12.9. The van der Waals surface area contributed by atoms with E-state index in [9.17, 15) is 4.79 Å². The fraction of sp³-hybridized carbons (Fsp3) is 0.316. The molecule has 0 saturated carbocycles. The smallest absolute Gasteiger partial charge is 0.348 e. The van der Waals surface area contributed by atoms with Crippen molar-refractivity contribution in [2.75, 3.05) is 18.6 Å². The maximum atomic E-state index is 12.3. The molecule has 0 aliphatic heterocycles. The van der Waals surface area contributed by atoms with Gasteiger partial charge in [-0.2, -0.15) is 0 Å². The summed E-state index contributed by atoms with van der Waals surface area (Å²) in [4.78, 5) is 13.4. The Morgan fingerprint density at radius 2 is 1.86 bits per heavy atom. The molecule has 0 aromatic heterocycles. The summed E-state index contributed by atoms with van der Waals surface area (Å²) < 4.78 is 17.3. The molecule has 2 aromatic carbocycles. The summed E-state index contributed by atoms with van der Waals surface area (Å²) in [5.41, 5.74) is -2.57. The second kappa shape index (κ2) is 11.4. The van der Waals surface area contributed by atoms with E-state index in [1.807, 2.05) is 30.5 Å². The first-order chi connectivity index (χ1) is 13.4. The lowest BCUT2D eigenvalue weighted by Gasteiger charge is -2.24. The third-order valence-electron chi connectivity index (χ3n) is 3.38. The van der Waals surface area contributed by atoms with Crippen molar-refractivity contribution in [3.8, 4) is 11.5 Å². The van der Waals surface area contributed by atoms with Crippen LogP contribution in [0.25, 0.3) is 0 Å². The Balaban J connectivity index is 2.32. The quantitative estimate of drug-likeness (QED) is 0.206. The number of ether oxygens (including phenoxy) is 1. The van der Waals surface area contributed by atoms with Gasteiger partial charge in [-0.3, -0.25) is 0 Å². The summed E-state index contributed by atoms with van der Waals surface area (Å²) in [6.45, 7) is 4.06. The Morgan fingerprint density at radius 3 is 2.46 bits per heavy atom. The lowest BCUT2D eigenvalue weighted by atomic mass is 10.2. The van der Waals surface area contributed by atoms with Gasteiger partial charge in [-0.05, 0) is 85.3 Å². The van der Waals surface area contributed by atoms with Crippen LogP contribution in [0.5, 0.6) is 11.5 Å². The number of esters is 1. The van der Waals surface area contributed by atoms with Gasteiger partial charge in [0.05, 0.1) is 6.61 Å². The molecule has 0 N–H and O–H groups in total. The van der Waals surface area contributed by atoms with Gasteiger partial charge in [0, 0.05) is 15.7 Å². The van der Waals surface area contributed by atoms with Crippen LogP contribution in [-0.2, 0) is 16.5 Å². The first-order valence-electron chi connectivity index (χ1n) is 8.65. The van der Waals surface area contributed by atoms with Gasteiger partial charge >= 0.3 is 11.7 Å². The lowest BCUT2D eigenvalue weighted by Crippen LogP contribution is -2.08. The van der Waals surface area contributed by atoms with Gasteiger partial charge < -0.3 is 13.8 Å². The Bertz CT molecular complexity index is 846. The van der Waals surface area contributed by atoms with Gasteiger partial charge in [-0.25, -0.2) is 4.79 Å². The highest BCUT2D eigenvalue weighted by atomic mass is 35.5. The number of thioether (sulfide) groups is 1. The van der Waals surface area contributed by atoms with Crippen LogP contribution in [0.3, 0.4) is 0 Å². The summed E-state index contributed by atoms with van der Waals surface area (Å²) in [5.74, 6) is 1.22. The summed E-state index contributed by atoms with van der Waals surface area (Å²) in [6.07, 6.45) is 2.93. The number of halogens is 1. The highest BCUT2D eigenvalue weighted by molar-refractivity contribution is 8.68. The Labute approximate surface area is 184 Å². The maximum Gasteiger partial charge on any atom is 0.348 e. The minimum atomic E-state index is -2.81. The van der Waals surface area contributed by atoms with Crippen LogP contribution in [0.4, 0.5) is 0 Å². The van der Waals surface area contributed by atoms with Crippen LogP contribution in [0, 0.1) is 0 Å². The van der Waals surface area contributed by atoms with Gasteiger partial charge in [0.2, 0.25) is 0 Å². The van der Waals surface area contributed by atoms with Crippen LogP contribution >= 0.6 is 40.4 Å². The molecule has 0 radical (unpaired) electrons. The topological polar surface area (TPSA) is 44.8 Å². The highest BCUT2D eigenvalue weighted by Crippen LogP contribution is 2.60. The molecule has 152 valence electrons. The first kappa shape index (κ1) is 23.4. The van der Waals surface area contributed by atoms with Crippen molar-refractivity contribution < 1.29 is 18.6 Å². The number of hydrogen-bond donors (Lipinski definition) is 0. The summed E-state index contributed by atoms with van der Waals surface area (Å²) in [6, 6.07) is 12.5. The fourth-order valence-electron chi connectivity index (χ4n) is 2.11. The molecule has 0 amide bonds. The number of rotatable bonds is 10. The Hall–Kier alpha value is -0.850. The van der Waals surface area contributed by atoms with Crippen molar-refractivity contribution in [1.82, 2.24) is 0 Å². The fourth-order valence-corrected chi connectivity index (χ4v) is 7.22. The molecule has 0 heterocycles. The van der Waals surface area contributed by atoms with Crippen molar-refractivity contribution in [3.05, 3.63) is 53.1 Å². The molecule has 0 unspecified atom stereocenters. The largest absolute Gasteiger partial charge is 0.462 e. The van der Waals surface area contributed by atoms with E-state index in [4.69, 9.17) is 37.2 Å². The van der Waals surface area contributed by atoms with Crippen molar-refractivity contribution in [2.45, 2.75) is 25.2 Å². The number of carbonyl (C=O) groups is 1. The molecule has 28 heavy (non-hydrogen) atoms. The van der Waals surface area contributed by atoms with Gasteiger partial charge in [0.15, 0.2) is 0 Å². The van der Waals surface area contributed by atoms with E-state index < -0.39 is 11.7 Å². The van der Waals surface area contributed by atoms with Crippen LogP contribution in [0.15, 0.2) is 47.4 Å². The SMILES string of the molecule is CCCS[P@](=S)(Oc1ccc(SC)cc1)Oc1ccc(Cl)cc1C(=O)OCC. The minimum absolute atomic E-state index is 0.238. The monoisotopic (exact) mass is 476 g/mol. The molecule has 9 heteroatoms. The van der Waals surface area contributed by atoms with Crippen LogP contribution in [-0.4, -0.2) is 24.6 Å². The zero-order valence-corrected chi connectivity index (χ0v) is 19.9. The molecule has 2 rings (SSSR count). The molecule has 0 fully saturated rings. The van der Waals surface area contributed by atoms with Gasteiger partial charge in [-0.1, -0.05) is 18.5 Å². The van der Waals surface area contributed by atoms with Crippen LogP contribution < -0.4 is 9.05 Å². The molecule has 0 aliphatic carbocycles. The van der Waals surface area contributed by atoms with E-state index in [1.165, 1.54) is 17.4 Å². The molecule has 1 atom stereocenters. The molecule has 0 bridgehead atoms. The van der Waals surface area contributed by atoms with Crippen LogP contribution in [0.1, 0.15) is 30.6 Å². The Morgan fingerprint density at radius 1 is 1.14 bits per heavy atom. The van der Waals surface area contributed by atoms with Gasteiger partial charge in [0.1, 0.15) is 17.1 Å². The average Bonchev–Trinajstić information content (AvgIpc) is 2.68. The first-order valence-corrected chi connectivity index (χ1v) is 14.5. The predicted molar refractivity (Wildman–Crippen MR) is 124 cm³/mol. The summed E-state index contributed by atoms with van der Waals surface area (Å²) in [5, 5.41) is 0.415. The third-order valence-corrected chi connectivity index (χ3v) is 9.46. The predicted octanol–water partition coefficient (Wildman–Crippen LogP) is 7.06. The van der Waals surface area contributed by atoms with Crippen molar-refractivity contribution in [2.24, 2.45) is 0 Å². The van der Waals surface area contributed by atoms with E-state index in [1.54, 1.807) is 30.8 Å². The zero-order valence-electron chi connectivity index (χ0n) is 15.8. The van der Waals surface area contributed by atoms with E-state index >= 15 is 0 Å². The molecule has 2 aromatic rings. The van der Waals surface area contributed by atoms with E-state index in [-0.39, 0.29) is 12.2 Å². The summed E-state index contributed by atoms with van der Waals surface area (Å²) in [7, 11) is 0. The number of carbonyl (C=O) groups excluding carboxylic acids is 1. The number of benzene rings is 2.